The van der Waals surface area contributed by atoms with Gasteiger partial charge in [-0.25, -0.2) is 4.79 Å². The molecule has 2 N–H and O–H groups in total. The number of benzene rings is 1. The molecule has 1 unspecified atom stereocenters. The normalized spacial score (nSPS) is 12.2. The average Bonchev–Trinajstić information content (AvgIpc) is 2.37. The second-order valence-corrected chi connectivity index (χ2v) is 4.49. The monoisotopic (exact) mass is 352 g/mol. The molecule has 0 radical (unpaired) electrons. The summed E-state index contributed by atoms with van der Waals surface area (Å²) in [5.74, 6) is -2.68. The van der Waals surface area contributed by atoms with Crippen molar-refractivity contribution in [3.8, 4) is 5.75 Å². The van der Waals surface area contributed by atoms with E-state index >= 15 is 0 Å². The number of aliphatic carboxylic acids is 1. The number of halogens is 3. The molecule has 0 amide bonds. The molecular weight excluding hydrogens is 342 g/mol. The van der Waals surface area contributed by atoms with Crippen LogP contribution in [0.15, 0.2) is 18.2 Å². The number of carboxylic acid groups (broad SMARTS) is 1. The van der Waals surface area contributed by atoms with E-state index in [-0.39, 0.29) is 12.0 Å². The molecule has 1 aromatic rings. The number of aliphatic hydroxyl groups excluding tert-OH is 1. The van der Waals surface area contributed by atoms with E-state index in [0.717, 1.165) is 6.07 Å². The molecule has 0 aliphatic carbocycles. The fourth-order valence-electron chi connectivity index (χ4n) is 1.61. The summed E-state index contributed by atoms with van der Waals surface area (Å²) in [4.78, 5) is 22.7. The Morgan fingerprint density at radius 1 is 1.35 bits per heavy atom. The first-order valence-corrected chi connectivity index (χ1v) is 6.58. The highest BCUT2D eigenvalue weighted by Crippen LogP contribution is 2.31. The molecule has 8 heteroatoms. The van der Waals surface area contributed by atoms with Crippen molar-refractivity contribution in [1.29, 1.82) is 0 Å². The van der Waals surface area contributed by atoms with Crippen molar-refractivity contribution in [2.24, 2.45) is 0 Å². The van der Waals surface area contributed by atoms with Crippen LogP contribution in [0, 0.1) is 0 Å². The van der Waals surface area contributed by atoms with Gasteiger partial charge in [0.05, 0.1) is 0 Å². The third kappa shape index (κ3) is 3.97. The summed E-state index contributed by atoms with van der Waals surface area (Å²) < 4.78 is 28.8. The van der Waals surface area contributed by atoms with Gasteiger partial charge >= 0.3 is 12.6 Å². The number of alkyl halides is 3. The molecule has 5 nitrogen and oxygen atoms in total. The SMILES string of the molecule is O=C(CCBr)c1cccc(OC(F)F)c1C(O)C(=O)O. The maximum atomic E-state index is 12.3. The van der Waals surface area contributed by atoms with E-state index in [4.69, 9.17) is 5.11 Å². The maximum Gasteiger partial charge on any atom is 0.387 e. The maximum absolute atomic E-state index is 12.3. The number of hydrogen-bond donors (Lipinski definition) is 2. The zero-order valence-electron chi connectivity index (χ0n) is 10.1. The van der Waals surface area contributed by atoms with E-state index in [1.54, 1.807) is 0 Å². The zero-order chi connectivity index (χ0) is 15.3. The van der Waals surface area contributed by atoms with Crippen LogP contribution in [0.5, 0.6) is 5.75 Å². The van der Waals surface area contributed by atoms with Crippen LogP contribution in [0.2, 0.25) is 0 Å². The van der Waals surface area contributed by atoms with Gasteiger partial charge in [-0.05, 0) is 6.07 Å². The molecule has 0 aliphatic heterocycles. The van der Waals surface area contributed by atoms with E-state index in [1.165, 1.54) is 12.1 Å². The van der Waals surface area contributed by atoms with Crippen LogP contribution in [0.4, 0.5) is 8.78 Å². The van der Waals surface area contributed by atoms with Gasteiger partial charge in [-0.1, -0.05) is 28.1 Å². The molecule has 0 spiro atoms. The molecule has 1 atom stereocenters. The summed E-state index contributed by atoms with van der Waals surface area (Å²) in [6, 6.07) is 3.60. The van der Waals surface area contributed by atoms with Crippen LogP contribution >= 0.6 is 15.9 Å². The number of hydrogen-bond acceptors (Lipinski definition) is 4. The molecule has 20 heavy (non-hydrogen) atoms. The second kappa shape index (κ2) is 7.30. The van der Waals surface area contributed by atoms with Crippen molar-refractivity contribution in [3.05, 3.63) is 29.3 Å². The minimum atomic E-state index is -3.20. The number of carbonyl (C=O) groups is 2. The van der Waals surface area contributed by atoms with Gasteiger partial charge in [-0.3, -0.25) is 4.79 Å². The quantitative estimate of drug-likeness (QED) is 0.581. The highest BCUT2D eigenvalue weighted by Gasteiger charge is 2.27. The summed E-state index contributed by atoms with van der Waals surface area (Å²) in [7, 11) is 0. The Morgan fingerprint density at radius 2 is 2.00 bits per heavy atom. The Labute approximate surface area is 121 Å². The highest BCUT2D eigenvalue weighted by atomic mass is 79.9. The largest absolute Gasteiger partial charge is 0.479 e. The molecule has 0 aromatic heterocycles. The predicted molar refractivity (Wildman–Crippen MR) is 68.4 cm³/mol. The number of ether oxygens (including phenoxy) is 1. The van der Waals surface area contributed by atoms with Crippen LogP contribution < -0.4 is 4.74 Å². The van der Waals surface area contributed by atoms with Crippen molar-refractivity contribution in [2.75, 3.05) is 5.33 Å². The number of Topliss-reactive ketones (excluding diaryl/α,β-unsaturated/α-hetero) is 1. The fraction of sp³-hybridized carbons (Fsp3) is 0.333. The van der Waals surface area contributed by atoms with E-state index < -0.39 is 35.8 Å². The minimum Gasteiger partial charge on any atom is -0.479 e. The summed E-state index contributed by atoms with van der Waals surface area (Å²) in [5, 5.41) is 18.7. The summed E-state index contributed by atoms with van der Waals surface area (Å²) in [6.07, 6.45) is -2.10. The van der Waals surface area contributed by atoms with E-state index in [0.29, 0.717) is 5.33 Å². The van der Waals surface area contributed by atoms with Gasteiger partial charge in [0.15, 0.2) is 11.9 Å². The molecule has 0 saturated carbocycles. The molecule has 0 saturated heterocycles. The van der Waals surface area contributed by atoms with Crippen molar-refractivity contribution >= 4 is 27.7 Å². The van der Waals surface area contributed by atoms with Crippen molar-refractivity contribution in [1.82, 2.24) is 0 Å². The number of carboxylic acids is 1. The standard InChI is InChI=1S/C12H11BrF2O5/c13-5-4-7(16)6-2-1-3-8(20-12(14)15)9(6)10(17)11(18)19/h1-3,10,12,17H,4-5H2,(H,18,19). The van der Waals surface area contributed by atoms with Crippen molar-refractivity contribution in [2.45, 2.75) is 19.1 Å². The predicted octanol–water partition coefficient (Wildman–Crippen LogP) is 2.37. The topological polar surface area (TPSA) is 83.8 Å². The van der Waals surface area contributed by atoms with Gasteiger partial charge in [-0.2, -0.15) is 8.78 Å². The van der Waals surface area contributed by atoms with Crippen molar-refractivity contribution in [3.63, 3.8) is 0 Å². The molecule has 1 aromatic carbocycles. The summed E-state index contributed by atoms with van der Waals surface area (Å²) in [5.41, 5.74) is -0.622. The van der Waals surface area contributed by atoms with Crippen LogP contribution in [0.25, 0.3) is 0 Å². The van der Waals surface area contributed by atoms with Gasteiger partial charge in [-0.15, -0.1) is 0 Å². The lowest BCUT2D eigenvalue weighted by Gasteiger charge is -2.16. The summed E-state index contributed by atoms with van der Waals surface area (Å²) in [6.45, 7) is -3.20. The van der Waals surface area contributed by atoms with Crippen LogP contribution in [0.3, 0.4) is 0 Å². The van der Waals surface area contributed by atoms with E-state index in [1.807, 2.05) is 0 Å². The van der Waals surface area contributed by atoms with E-state index in [9.17, 15) is 23.5 Å². The number of rotatable bonds is 7. The van der Waals surface area contributed by atoms with Gasteiger partial charge in [0.1, 0.15) is 5.75 Å². The highest BCUT2D eigenvalue weighted by molar-refractivity contribution is 9.09. The molecule has 0 fully saturated rings. The lowest BCUT2D eigenvalue weighted by molar-refractivity contribution is -0.147. The minimum absolute atomic E-state index is 0.0253. The lowest BCUT2D eigenvalue weighted by Crippen LogP contribution is -2.18. The Hall–Kier alpha value is -1.54. The first-order chi connectivity index (χ1) is 9.38. The molecule has 0 bridgehead atoms. The summed E-state index contributed by atoms with van der Waals surface area (Å²) >= 11 is 3.05. The Morgan fingerprint density at radius 3 is 2.50 bits per heavy atom. The smallest absolute Gasteiger partial charge is 0.387 e. The Bertz CT molecular complexity index is 507. The third-order valence-electron chi connectivity index (χ3n) is 2.41. The number of aliphatic hydroxyl groups is 1. The second-order valence-electron chi connectivity index (χ2n) is 3.70. The Balaban J connectivity index is 3.35. The molecule has 0 aliphatic rings. The number of ketones is 1. The molecule has 110 valence electrons. The lowest BCUT2D eigenvalue weighted by atomic mass is 9.97. The molecular formula is C12H11BrF2O5. The third-order valence-corrected chi connectivity index (χ3v) is 2.81. The van der Waals surface area contributed by atoms with Crippen LogP contribution in [-0.2, 0) is 4.79 Å². The van der Waals surface area contributed by atoms with Gasteiger partial charge in [0.25, 0.3) is 0 Å². The van der Waals surface area contributed by atoms with Crippen LogP contribution in [-0.4, -0.2) is 33.9 Å². The van der Waals surface area contributed by atoms with Crippen LogP contribution in [0.1, 0.15) is 28.4 Å². The van der Waals surface area contributed by atoms with Crippen molar-refractivity contribution < 1.29 is 33.3 Å². The first kappa shape index (κ1) is 16.5. The average molecular weight is 353 g/mol. The Kier molecular flexibility index (Phi) is 6.03. The molecule has 0 heterocycles. The van der Waals surface area contributed by atoms with Gasteiger partial charge in [0, 0.05) is 22.9 Å². The fourth-order valence-corrected chi connectivity index (χ4v) is 1.97. The van der Waals surface area contributed by atoms with Gasteiger partial charge < -0.3 is 14.9 Å². The zero-order valence-corrected chi connectivity index (χ0v) is 11.6. The van der Waals surface area contributed by atoms with Gasteiger partial charge in [0.2, 0.25) is 0 Å². The van der Waals surface area contributed by atoms with E-state index in [2.05, 4.69) is 20.7 Å². The number of carbonyl (C=O) groups excluding carboxylic acids is 1. The molecule has 1 rings (SSSR count). The first-order valence-electron chi connectivity index (χ1n) is 5.46.